The summed E-state index contributed by atoms with van der Waals surface area (Å²) in [6.07, 6.45) is 15.6. The van der Waals surface area contributed by atoms with E-state index in [1.807, 2.05) is 12.2 Å². The number of rotatable bonds is 1. The second-order valence-corrected chi connectivity index (χ2v) is 7.94. The van der Waals surface area contributed by atoms with Crippen LogP contribution < -0.4 is 0 Å². The summed E-state index contributed by atoms with van der Waals surface area (Å²) in [6, 6.07) is 0. The Morgan fingerprint density at radius 1 is 1.14 bits per heavy atom. The lowest BCUT2D eigenvalue weighted by atomic mass is 9.51. The summed E-state index contributed by atoms with van der Waals surface area (Å²) in [5.41, 5.74) is 1.67. The molecule has 1 saturated carbocycles. The molecule has 4 aliphatic rings. The first-order valence-corrected chi connectivity index (χ1v) is 8.63. The average molecular weight is 302 g/mol. The van der Waals surface area contributed by atoms with E-state index in [0.717, 1.165) is 24.3 Å². The molecule has 0 aliphatic heterocycles. The first-order chi connectivity index (χ1) is 10.4. The van der Waals surface area contributed by atoms with E-state index >= 15 is 0 Å². The Bertz CT molecular complexity index is 580. The summed E-state index contributed by atoms with van der Waals surface area (Å²) in [4.78, 5) is 0. The van der Waals surface area contributed by atoms with E-state index in [1.54, 1.807) is 0 Å². The second kappa shape index (κ2) is 4.56. The van der Waals surface area contributed by atoms with Crippen LogP contribution in [0.2, 0.25) is 0 Å². The maximum atomic E-state index is 10.0. The predicted octanol–water partition coefficient (Wildman–Crippen LogP) is 3.04. The summed E-state index contributed by atoms with van der Waals surface area (Å²) in [7, 11) is 0. The fraction of sp³-hybridized carbons (Fsp3) is 0.684. The lowest BCUT2D eigenvalue weighted by Gasteiger charge is -2.54. The predicted molar refractivity (Wildman–Crippen MR) is 84.5 cm³/mol. The van der Waals surface area contributed by atoms with Crippen LogP contribution in [-0.2, 0) is 0 Å². The SMILES string of the molecule is C[C@]12C=CCCC1CCC1=C3C=CC[C@@]3(C(O)(O)O)CC[C@@H]12. The van der Waals surface area contributed by atoms with Crippen molar-refractivity contribution in [2.75, 3.05) is 0 Å². The van der Waals surface area contributed by atoms with E-state index in [4.69, 9.17) is 0 Å². The molecule has 0 radical (unpaired) electrons. The molecule has 0 heterocycles. The zero-order valence-corrected chi connectivity index (χ0v) is 13.3. The van der Waals surface area contributed by atoms with Crippen molar-refractivity contribution in [1.29, 1.82) is 0 Å². The van der Waals surface area contributed by atoms with Crippen LogP contribution in [0, 0.1) is 22.7 Å². The summed E-state index contributed by atoms with van der Waals surface area (Å²) < 4.78 is 0. The van der Waals surface area contributed by atoms with E-state index in [-0.39, 0.29) is 5.41 Å². The van der Waals surface area contributed by atoms with Gasteiger partial charge >= 0.3 is 0 Å². The Morgan fingerprint density at radius 3 is 2.73 bits per heavy atom. The molecular formula is C19H26O3. The zero-order valence-electron chi connectivity index (χ0n) is 13.3. The molecule has 3 N–H and O–H groups in total. The van der Waals surface area contributed by atoms with E-state index in [9.17, 15) is 15.3 Å². The minimum Gasteiger partial charge on any atom is -0.343 e. The quantitative estimate of drug-likeness (QED) is 0.515. The van der Waals surface area contributed by atoms with E-state index in [2.05, 4.69) is 19.1 Å². The highest BCUT2D eigenvalue weighted by atomic mass is 16.7. The Labute approximate surface area is 132 Å². The molecule has 4 aliphatic carbocycles. The highest BCUT2D eigenvalue weighted by molar-refractivity contribution is 5.44. The lowest BCUT2D eigenvalue weighted by Crippen LogP contribution is -2.52. The molecule has 0 aromatic heterocycles. The molecule has 22 heavy (non-hydrogen) atoms. The van der Waals surface area contributed by atoms with Crippen molar-refractivity contribution in [3.8, 4) is 0 Å². The summed E-state index contributed by atoms with van der Waals surface area (Å²) in [5.74, 6) is -1.40. The standard InChI is InChI=1S/C19H26O3/c1-17-10-3-2-5-13(17)7-8-14-15(17)9-12-18(19(20,21)22)11-4-6-16(14)18/h3-4,6,10,13,15,20-22H,2,5,7-9,11-12H2,1H3/t13?,15-,17-,18+/m0/s1. The Morgan fingerprint density at radius 2 is 1.95 bits per heavy atom. The third kappa shape index (κ3) is 1.73. The Hall–Kier alpha value is -0.900. The number of hydrogen-bond acceptors (Lipinski definition) is 3. The molecule has 3 nitrogen and oxygen atoms in total. The van der Waals surface area contributed by atoms with Crippen LogP contribution in [0.15, 0.2) is 35.5 Å². The van der Waals surface area contributed by atoms with Gasteiger partial charge < -0.3 is 15.3 Å². The first-order valence-electron chi connectivity index (χ1n) is 8.63. The van der Waals surface area contributed by atoms with Crippen LogP contribution >= 0.6 is 0 Å². The van der Waals surface area contributed by atoms with Gasteiger partial charge in [0.25, 0.3) is 5.97 Å². The highest BCUT2D eigenvalue weighted by Gasteiger charge is 2.58. The smallest absolute Gasteiger partial charge is 0.285 e. The molecule has 1 unspecified atom stereocenters. The zero-order chi connectivity index (χ0) is 15.6. The summed E-state index contributed by atoms with van der Waals surface area (Å²) in [6.45, 7) is 2.38. The van der Waals surface area contributed by atoms with Gasteiger partial charge in [0.05, 0.1) is 5.41 Å². The fourth-order valence-electron chi connectivity index (χ4n) is 5.80. The molecule has 120 valence electrons. The Kier molecular flexibility index (Phi) is 3.04. The minimum atomic E-state index is -2.62. The van der Waals surface area contributed by atoms with Gasteiger partial charge in [-0.05, 0) is 67.8 Å². The molecule has 0 saturated heterocycles. The van der Waals surface area contributed by atoms with Gasteiger partial charge in [0, 0.05) is 0 Å². The highest BCUT2D eigenvalue weighted by Crippen LogP contribution is 2.62. The molecule has 4 atom stereocenters. The summed E-state index contributed by atoms with van der Waals surface area (Å²) >= 11 is 0. The first kappa shape index (κ1) is 14.7. The normalized spacial score (nSPS) is 43.8. The van der Waals surface area contributed by atoms with Crippen molar-refractivity contribution in [3.63, 3.8) is 0 Å². The minimum absolute atomic E-state index is 0.199. The molecule has 3 heteroatoms. The van der Waals surface area contributed by atoms with Crippen molar-refractivity contribution >= 4 is 0 Å². The molecular weight excluding hydrogens is 276 g/mol. The van der Waals surface area contributed by atoms with Crippen molar-refractivity contribution in [3.05, 3.63) is 35.5 Å². The van der Waals surface area contributed by atoms with Gasteiger partial charge in [-0.3, -0.25) is 0 Å². The van der Waals surface area contributed by atoms with Gasteiger partial charge in [-0.1, -0.05) is 36.8 Å². The van der Waals surface area contributed by atoms with Crippen LogP contribution in [-0.4, -0.2) is 21.3 Å². The van der Waals surface area contributed by atoms with Gasteiger partial charge in [-0.25, -0.2) is 0 Å². The molecule has 1 fully saturated rings. The van der Waals surface area contributed by atoms with Gasteiger partial charge in [-0.2, -0.15) is 0 Å². The van der Waals surface area contributed by atoms with Crippen molar-refractivity contribution in [1.82, 2.24) is 0 Å². The molecule has 0 aromatic carbocycles. The number of hydrogen-bond donors (Lipinski definition) is 3. The van der Waals surface area contributed by atoms with Gasteiger partial charge in [0.1, 0.15) is 0 Å². The Balaban J connectivity index is 1.83. The molecule has 4 rings (SSSR count). The molecule has 0 spiro atoms. The lowest BCUT2D eigenvalue weighted by molar-refractivity contribution is -0.367. The van der Waals surface area contributed by atoms with E-state index in [1.165, 1.54) is 24.8 Å². The number of fused-ring (bicyclic) bond motifs is 4. The second-order valence-electron chi connectivity index (χ2n) is 7.94. The van der Waals surface area contributed by atoms with E-state index < -0.39 is 11.4 Å². The van der Waals surface area contributed by atoms with Gasteiger partial charge in [-0.15, -0.1) is 0 Å². The van der Waals surface area contributed by atoms with Crippen LogP contribution in [0.1, 0.15) is 51.9 Å². The molecule has 0 bridgehead atoms. The third-order valence-electron chi connectivity index (χ3n) is 7.09. The summed E-state index contributed by atoms with van der Waals surface area (Å²) in [5, 5.41) is 30.0. The molecule has 0 aromatic rings. The van der Waals surface area contributed by atoms with Crippen molar-refractivity contribution < 1.29 is 15.3 Å². The average Bonchev–Trinajstić information content (AvgIpc) is 2.91. The van der Waals surface area contributed by atoms with E-state index in [0.29, 0.717) is 18.8 Å². The third-order valence-corrected chi connectivity index (χ3v) is 7.09. The number of aliphatic hydroxyl groups is 3. The van der Waals surface area contributed by atoms with Crippen LogP contribution in [0.4, 0.5) is 0 Å². The van der Waals surface area contributed by atoms with Crippen LogP contribution in [0.3, 0.4) is 0 Å². The maximum Gasteiger partial charge on any atom is 0.285 e. The van der Waals surface area contributed by atoms with Gasteiger partial charge in [0.15, 0.2) is 0 Å². The van der Waals surface area contributed by atoms with Crippen molar-refractivity contribution in [2.45, 2.75) is 57.8 Å². The van der Waals surface area contributed by atoms with Gasteiger partial charge in [0.2, 0.25) is 0 Å². The van der Waals surface area contributed by atoms with Crippen molar-refractivity contribution in [2.24, 2.45) is 22.7 Å². The molecule has 0 amide bonds. The van der Waals surface area contributed by atoms with Crippen LogP contribution in [0.5, 0.6) is 0 Å². The largest absolute Gasteiger partial charge is 0.343 e. The monoisotopic (exact) mass is 302 g/mol. The fourth-order valence-corrected chi connectivity index (χ4v) is 5.80. The van der Waals surface area contributed by atoms with Crippen LogP contribution in [0.25, 0.3) is 0 Å². The maximum absolute atomic E-state index is 10.0. The number of allylic oxidation sites excluding steroid dienone is 5. The topological polar surface area (TPSA) is 60.7 Å².